The molecule has 0 fully saturated rings. The van der Waals surface area contributed by atoms with Gasteiger partial charge in [-0.15, -0.1) is 11.8 Å². The fraction of sp³-hybridized carbons (Fsp3) is 0.0769. The van der Waals surface area contributed by atoms with Crippen molar-refractivity contribution in [1.82, 2.24) is 10.4 Å². The minimum absolute atomic E-state index is 0.336. The van der Waals surface area contributed by atoms with Gasteiger partial charge in [0.1, 0.15) is 0 Å². The Hall–Kier alpha value is -1.37. The van der Waals surface area contributed by atoms with Crippen LogP contribution in [0.4, 0.5) is 0 Å². The number of halogens is 1. The highest BCUT2D eigenvalue weighted by molar-refractivity contribution is 9.10. The summed E-state index contributed by atoms with van der Waals surface area (Å²) in [6.07, 6.45) is 1.53. The lowest BCUT2D eigenvalue weighted by Crippen LogP contribution is -2.30. The molecule has 0 saturated carbocycles. The summed E-state index contributed by atoms with van der Waals surface area (Å²) in [6, 6.07) is 11.6. The normalized spacial score (nSPS) is 10.2. The summed E-state index contributed by atoms with van der Waals surface area (Å²) in [4.78, 5) is 16.7. The first-order valence-corrected chi connectivity index (χ1v) is 7.32. The molecule has 0 atom stereocenters. The topological polar surface area (TPSA) is 68.0 Å². The van der Waals surface area contributed by atoms with E-state index in [0.29, 0.717) is 5.56 Å². The highest BCUT2D eigenvalue weighted by Crippen LogP contribution is 2.29. The van der Waals surface area contributed by atoms with Crippen molar-refractivity contribution in [2.24, 2.45) is 5.84 Å². The Kier molecular flexibility index (Phi) is 4.95. The van der Waals surface area contributed by atoms with Crippen LogP contribution in [0.2, 0.25) is 0 Å². The number of nitrogen functional groups attached to an aromatic ring is 1. The summed E-state index contributed by atoms with van der Waals surface area (Å²) in [5.41, 5.74) is 3.44. The van der Waals surface area contributed by atoms with Gasteiger partial charge in [0.15, 0.2) is 0 Å². The Bertz CT molecular complexity index is 574. The van der Waals surface area contributed by atoms with Crippen LogP contribution in [0, 0.1) is 0 Å². The number of rotatable bonds is 4. The van der Waals surface area contributed by atoms with E-state index in [1.807, 2.05) is 30.3 Å². The Morgan fingerprint density at radius 1 is 1.32 bits per heavy atom. The van der Waals surface area contributed by atoms with Crippen LogP contribution in [0.5, 0.6) is 0 Å². The van der Waals surface area contributed by atoms with Gasteiger partial charge < -0.3 is 0 Å². The van der Waals surface area contributed by atoms with E-state index in [-0.39, 0.29) is 5.91 Å². The number of pyridine rings is 1. The van der Waals surface area contributed by atoms with E-state index in [1.165, 1.54) is 6.20 Å². The van der Waals surface area contributed by atoms with Gasteiger partial charge >= 0.3 is 0 Å². The minimum atomic E-state index is -0.336. The third-order valence-electron chi connectivity index (χ3n) is 2.43. The van der Waals surface area contributed by atoms with E-state index in [0.717, 1.165) is 20.8 Å². The number of amides is 1. The molecule has 0 bridgehead atoms. The van der Waals surface area contributed by atoms with Crippen LogP contribution in [0.25, 0.3) is 0 Å². The SMILES string of the molecule is NNC(=O)c1ccc(CSc2ccccc2Br)nc1. The second kappa shape index (κ2) is 6.70. The Labute approximate surface area is 123 Å². The van der Waals surface area contributed by atoms with Crippen molar-refractivity contribution in [1.29, 1.82) is 0 Å². The number of benzene rings is 1. The number of nitrogens with one attached hydrogen (secondary N) is 1. The van der Waals surface area contributed by atoms with Gasteiger partial charge in [-0.2, -0.15) is 0 Å². The molecule has 19 heavy (non-hydrogen) atoms. The van der Waals surface area contributed by atoms with Gasteiger partial charge in [-0.25, -0.2) is 5.84 Å². The predicted molar refractivity (Wildman–Crippen MR) is 79.6 cm³/mol. The van der Waals surface area contributed by atoms with Crippen LogP contribution >= 0.6 is 27.7 Å². The number of carbonyl (C=O) groups is 1. The zero-order valence-corrected chi connectivity index (χ0v) is 12.4. The van der Waals surface area contributed by atoms with Gasteiger partial charge in [0, 0.05) is 21.3 Å². The lowest BCUT2D eigenvalue weighted by Gasteiger charge is -2.04. The molecule has 0 spiro atoms. The molecule has 1 aromatic heterocycles. The summed E-state index contributed by atoms with van der Waals surface area (Å²) in [7, 11) is 0. The van der Waals surface area contributed by atoms with E-state index in [4.69, 9.17) is 5.84 Å². The average molecular weight is 338 g/mol. The number of nitrogens with two attached hydrogens (primary N) is 1. The van der Waals surface area contributed by atoms with Crippen molar-refractivity contribution in [3.05, 3.63) is 58.3 Å². The van der Waals surface area contributed by atoms with Crippen LogP contribution in [-0.2, 0) is 5.75 Å². The molecule has 0 aliphatic rings. The van der Waals surface area contributed by atoms with Crippen molar-refractivity contribution < 1.29 is 4.79 Å². The maximum absolute atomic E-state index is 11.3. The van der Waals surface area contributed by atoms with Crippen molar-refractivity contribution in [2.45, 2.75) is 10.6 Å². The van der Waals surface area contributed by atoms with Gasteiger partial charge in [-0.3, -0.25) is 15.2 Å². The minimum Gasteiger partial charge on any atom is -0.290 e. The van der Waals surface area contributed by atoms with Crippen LogP contribution < -0.4 is 11.3 Å². The maximum Gasteiger partial charge on any atom is 0.266 e. The van der Waals surface area contributed by atoms with E-state index in [1.54, 1.807) is 17.8 Å². The Morgan fingerprint density at radius 2 is 2.11 bits per heavy atom. The molecule has 1 aromatic carbocycles. The van der Waals surface area contributed by atoms with E-state index in [2.05, 4.69) is 26.3 Å². The number of thioether (sulfide) groups is 1. The van der Waals surface area contributed by atoms with Crippen molar-refractivity contribution in [3.8, 4) is 0 Å². The van der Waals surface area contributed by atoms with Gasteiger partial charge in [-0.1, -0.05) is 12.1 Å². The fourth-order valence-corrected chi connectivity index (χ4v) is 2.92. The molecule has 2 aromatic rings. The highest BCUT2D eigenvalue weighted by Gasteiger charge is 2.05. The molecule has 2 rings (SSSR count). The molecule has 3 N–H and O–H groups in total. The number of hydrogen-bond acceptors (Lipinski definition) is 4. The second-order valence-electron chi connectivity index (χ2n) is 3.73. The van der Waals surface area contributed by atoms with E-state index < -0.39 is 0 Å². The third-order valence-corrected chi connectivity index (χ3v) is 4.49. The Morgan fingerprint density at radius 3 is 2.74 bits per heavy atom. The molecule has 0 radical (unpaired) electrons. The van der Waals surface area contributed by atoms with Crippen molar-refractivity contribution in [2.75, 3.05) is 0 Å². The number of hydrogen-bond donors (Lipinski definition) is 2. The quantitative estimate of drug-likeness (QED) is 0.389. The largest absolute Gasteiger partial charge is 0.290 e. The summed E-state index contributed by atoms with van der Waals surface area (Å²) < 4.78 is 1.07. The zero-order valence-electron chi connectivity index (χ0n) is 9.97. The standard InChI is InChI=1S/C13H12BrN3OS/c14-11-3-1-2-4-12(11)19-8-10-6-5-9(7-16-10)13(18)17-15/h1-7H,8,15H2,(H,17,18). The monoisotopic (exact) mass is 337 g/mol. The summed E-state index contributed by atoms with van der Waals surface area (Å²) >= 11 is 5.19. The number of hydrazine groups is 1. The van der Waals surface area contributed by atoms with Gasteiger partial charge in [0.2, 0.25) is 0 Å². The highest BCUT2D eigenvalue weighted by atomic mass is 79.9. The van der Waals surface area contributed by atoms with E-state index >= 15 is 0 Å². The molecule has 0 unspecified atom stereocenters. The first-order chi connectivity index (χ1) is 9.20. The lowest BCUT2D eigenvalue weighted by molar-refractivity contribution is 0.0953. The number of aromatic nitrogens is 1. The molecular weight excluding hydrogens is 326 g/mol. The average Bonchev–Trinajstić information content (AvgIpc) is 2.46. The molecule has 0 aliphatic heterocycles. The number of nitrogens with zero attached hydrogens (tertiary/aromatic N) is 1. The fourth-order valence-electron chi connectivity index (χ4n) is 1.44. The molecule has 98 valence electrons. The first kappa shape index (κ1) is 14.0. The maximum atomic E-state index is 11.3. The van der Waals surface area contributed by atoms with Gasteiger partial charge in [-0.05, 0) is 40.2 Å². The predicted octanol–water partition coefficient (Wildman–Crippen LogP) is 2.74. The second-order valence-corrected chi connectivity index (χ2v) is 5.60. The van der Waals surface area contributed by atoms with Crippen LogP contribution in [0.3, 0.4) is 0 Å². The van der Waals surface area contributed by atoms with Crippen molar-refractivity contribution in [3.63, 3.8) is 0 Å². The molecule has 1 heterocycles. The Balaban J connectivity index is 2.01. The lowest BCUT2D eigenvalue weighted by atomic mass is 10.2. The molecular formula is C13H12BrN3OS. The molecule has 6 heteroatoms. The van der Waals surface area contributed by atoms with Crippen LogP contribution in [0.1, 0.15) is 16.1 Å². The van der Waals surface area contributed by atoms with Crippen LogP contribution in [0.15, 0.2) is 52.0 Å². The molecule has 0 aliphatic carbocycles. The first-order valence-electron chi connectivity index (χ1n) is 5.54. The molecule has 4 nitrogen and oxygen atoms in total. The van der Waals surface area contributed by atoms with Gasteiger partial charge in [0.25, 0.3) is 5.91 Å². The third kappa shape index (κ3) is 3.79. The molecule has 0 saturated heterocycles. The zero-order chi connectivity index (χ0) is 13.7. The van der Waals surface area contributed by atoms with Crippen LogP contribution in [-0.4, -0.2) is 10.9 Å². The van der Waals surface area contributed by atoms with Gasteiger partial charge in [0.05, 0.1) is 11.3 Å². The summed E-state index contributed by atoms with van der Waals surface area (Å²) in [5.74, 6) is 5.46. The summed E-state index contributed by atoms with van der Waals surface area (Å²) in [6.45, 7) is 0. The van der Waals surface area contributed by atoms with E-state index in [9.17, 15) is 4.79 Å². The van der Waals surface area contributed by atoms with Crippen molar-refractivity contribution >= 4 is 33.6 Å². The smallest absolute Gasteiger partial charge is 0.266 e. The number of carbonyl (C=O) groups excluding carboxylic acids is 1. The summed E-state index contributed by atoms with van der Waals surface area (Å²) in [5, 5.41) is 0. The molecule has 1 amide bonds.